The Morgan fingerprint density at radius 1 is 0.316 bits per heavy atom. The second-order valence-electron chi connectivity index (χ2n) is 14.8. The van der Waals surface area contributed by atoms with E-state index in [1.54, 1.807) is 0 Å². The maximum atomic E-state index is 6.09. The van der Waals surface area contributed by atoms with E-state index in [-0.39, 0.29) is 0 Å². The molecule has 0 saturated carbocycles. The summed E-state index contributed by atoms with van der Waals surface area (Å²) in [6.07, 6.45) is 0. The molecule has 0 unspecified atom stereocenters. The van der Waals surface area contributed by atoms with E-state index in [0.29, 0.717) is 0 Å². The van der Waals surface area contributed by atoms with Crippen molar-refractivity contribution in [3.63, 3.8) is 0 Å². The van der Waals surface area contributed by atoms with Gasteiger partial charge in [-0.2, -0.15) is 0 Å². The van der Waals surface area contributed by atoms with Gasteiger partial charge in [-0.25, -0.2) is 0 Å². The lowest BCUT2D eigenvalue weighted by Crippen LogP contribution is -1.94. The number of furan rings is 1. The average Bonchev–Trinajstić information content (AvgIpc) is 3.94. The van der Waals surface area contributed by atoms with Gasteiger partial charge in [0.1, 0.15) is 11.2 Å². The number of para-hydroxylation sites is 3. The van der Waals surface area contributed by atoms with Crippen molar-refractivity contribution in [2.75, 3.05) is 0 Å². The number of rotatable bonds is 5. The second-order valence-corrected chi connectivity index (χ2v) is 14.8. The molecule has 0 radical (unpaired) electrons. The number of aromatic nitrogens is 2. The molecule has 264 valence electrons. The predicted octanol–water partition coefficient (Wildman–Crippen LogP) is 14.4. The van der Waals surface area contributed by atoms with Gasteiger partial charge in [-0.1, -0.05) is 109 Å². The van der Waals surface area contributed by atoms with Crippen LogP contribution in [0.15, 0.2) is 199 Å². The van der Waals surface area contributed by atoms with E-state index in [9.17, 15) is 0 Å². The summed E-state index contributed by atoms with van der Waals surface area (Å²) in [4.78, 5) is 0. The highest BCUT2D eigenvalue weighted by Crippen LogP contribution is 2.39. The molecular formula is C54H32N2O. The first-order valence-corrected chi connectivity index (χ1v) is 19.3. The second kappa shape index (κ2) is 12.4. The third-order valence-corrected chi connectivity index (χ3v) is 11.6. The predicted molar refractivity (Wildman–Crippen MR) is 236 cm³/mol. The van der Waals surface area contributed by atoms with Crippen LogP contribution in [0.3, 0.4) is 0 Å². The van der Waals surface area contributed by atoms with Crippen LogP contribution in [0, 0.1) is 12.1 Å². The topological polar surface area (TPSA) is 23.0 Å². The van der Waals surface area contributed by atoms with Crippen LogP contribution in [0.4, 0.5) is 0 Å². The lowest BCUT2D eigenvalue weighted by atomic mass is 10.0. The number of hydrogen-bond acceptors (Lipinski definition) is 1. The molecule has 57 heavy (non-hydrogen) atoms. The standard InChI is InChI=1S/C54H32N2O/c1-2-10-35(11-3-1)36-18-25-41(26-19-36)55-49-15-7-4-12-43(49)46-32-39(22-29-51(46)55)40-23-30-52-47(33-40)44-13-5-8-16-50(44)56(52)42-27-20-37(21-28-42)38-24-31-54-48(34-38)45-14-6-9-17-53(45)57-54/h2,4-34H. The van der Waals surface area contributed by atoms with Crippen molar-refractivity contribution < 1.29 is 4.42 Å². The van der Waals surface area contributed by atoms with Crippen LogP contribution in [0.25, 0.3) is 110 Å². The number of fused-ring (bicyclic) bond motifs is 9. The first kappa shape index (κ1) is 31.5. The molecule has 0 fully saturated rings. The van der Waals surface area contributed by atoms with Gasteiger partial charge in [0, 0.05) is 43.7 Å². The fraction of sp³-hybridized carbons (Fsp3) is 0. The van der Waals surface area contributed by atoms with Gasteiger partial charge in [-0.05, 0) is 130 Å². The van der Waals surface area contributed by atoms with Crippen molar-refractivity contribution in [2.24, 2.45) is 0 Å². The van der Waals surface area contributed by atoms with Crippen LogP contribution in [-0.2, 0) is 0 Å². The summed E-state index contributed by atoms with van der Waals surface area (Å²) in [5, 5.41) is 7.24. The molecule has 0 N–H and O–H groups in total. The summed E-state index contributed by atoms with van der Waals surface area (Å²) in [6.45, 7) is 0. The van der Waals surface area contributed by atoms with Gasteiger partial charge in [-0.3, -0.25) is 0 Å². The summed E-state index contributed by atoms with van der Waals surface area (Å²) < 4.78 is 10.9. The molecule has 12 rings (SSSR count). The van der Waals surface area contributed by atoms with Crippen LogP contribution < -0.4 is 0 Å². The van der Waals surface area contributed by atoms with Gasteiger partial charge in [0.2, 0.25) is 0 Å². The maximum absolute atomic E-state index is 6.09. The molecule has 0 amide bonds. The molecule has 3 aromatic heterocycles. The summed E-state index contributed by atoms with van der Waals surface area (Å²) in [5.41, 5.74) is 15.9. The van der Waals surface area contributed by atoms with E-state index in [1.165, 1.54) is 71.4 Å². The summed E-state index contributed by atoms with van der Waals surface area (Å²) in [5.74, 6) is 0. The zero-order valence-electron chi connectivity index (χ0n) is 30.8. The Bertz CT molecular complexity index is 3490. The molecule has 0 aliphatic heterocycles. The van der Waals surface area contributed by atoms with Gasteiger partial charge in [0.25, 0.3) is 0 Å². The molecule has 3 nitrogen and oxygen atoms in total. The van der Waals surface area contributed by atoms with E-state index >= 15 is 0 Å². The van der Waals surface area contributed by atoms with Crippen LogP contribution in [0.5, 0.6) is 0 Å². The Labute approximate surface area is 328 Å². The van der Waals surface area contributed by atoms with E-state index in [2.05, 4.69) is 191 Å². The molecule has 0 atom stereocenters. The first-order valence-electron chi connectivity index (χ1n) is 19.3. The number of benzene rings is 8. The zero-order chi connectivity index (χ0) is 37.5. The molecule has 0 bridgehead atoms. The third-order valence-electron chi connectivity index (χ3n) is 11.6. The summed E-state index contributed by atoms with van der Waals surface area (Å²) >= 11 is 0. The van der Waals surface area contributed by atoms with Crippen molar-refractivity contribution in [3.05, 3.63) is 206 Å². The quantitative estimate of drug-likeness (QED) is 0.173. The van der Waals surface area contributed by atoms with E-state index in [4.69, 9.17) is 4.42 Å². The molecule has 0 aliphatic rings. The highest BCUT2D eigenvalue weighted by atomic mass is 16.3. The third kappa shape index (κ3) is 4.95. The van der Waals surface area contributed by atoms with Crippen LogP contribution in [-0.4, -0.2) is 9.13 Å². The average molecular weight is 725 g/mol. The van der Waals surface area contributed by atoms with E-state index in [1.807, 2.05) is 24.3 Å². The Kier molecular flexibility index (Phi) is 6.84. The highest BCUT2D eigenvalue weighted by Gasteiger charge is 2.17. The molecule has 3 heterocycles. The minimum absolute atomic E-state index is 0.913. The fourth-order valence-corrected chi connectivity index (χ4v) is 8.90. The van der Waals surface area contributed by atoms with Gasteiger partial charge in [0.15, 0.2) is 0 Å². The van der Waals surface area contributed by atoms with Crippen LogP contribution in [0.2, 0.25) is 0 Å². The van der Waals surface area contributed by atoms with Crippen molar-refractivity contribution in [3.8, 4) is 44.8 Å². The Morgan fingerprint density at radius 2 is 0.772 bits per heavy atom. The van der Waals surface area contributed by atoms with Crippen LogP contribution in [0.1, 0.15) is 0 Å². The Hall–Kier alpha value is -7.80. The molecule has 0 saturated heterocycles. The normalized spacial score (nSPS) is 11.7. The molecule has 3 heteroatoms. The van der Waals surface area contributed by atoms with Gasteiger partial charge < -0.3 is 13.6 Å². The lowest BCUT2D eigenvalue weighted by Gasteiger charge is -2.11. The minimum Gasteiger partial charge on any atom is -0.456 e. The molecule has 12 aromatic rings. The van der Waals surface area contributed by atoms with Crippen molar-refractivity contribution in [1.82, 2.24) is 9.13 Å². The Morgan fingerprint density at radius 3 is 1.37 bits per heavy atom. The van der Waals surface area contributed by atoms with Gasteiger partial charge in [0.05, 0.1) is 22.1 Å². The van der Waals surface area contributed by atoms with Gasteiger partial charge in [-0.15, -0.1) is 0 Å². The molecule has 0 spiro atoms. The van der Waals surface area contributed by atoms with Crippen LogP contribution >= 0.6 is 0 Å². The Balaban J connectivity index is 0.935. The molecule has 0 aliphatic carbocycles. The largest absolute Gasteiger partial charge is 0.456 e. The molecular weight excluding hydrogens is 693 g/mol. The number of hydrogen-bond donors (Lipinski definition) is 0. The van der Waals surface area contributed by atoms with E-state index in [0.717, 1.165) is 38.9 Å². The molecule has 9 aromatic carbocycles. The maximum Gasteiger partial charge on any atom is 0.135 e. The summed E-state index contributed by atoms with van der Waals surface area (Å²) in [6, 6.07) is 75.8. The van der Waals surface area contributed by atoms with Crippen molar-refractivity contribution in [2.45, 2.75) is 0 Å². The lowest BCUT2D eigenvalue weighted by molar-refractivity contribution is 0.669. The van der Waals surface area contributed by atoms with Crippen molar-refractivity contribution >= 4 is 65.6 Å². The number of nitrogens with zero attached hydrogens (tertiary/aromatic N) is 2. The summed E-state index contributed by atoms with van der Waals surface area (Å²) in [7, 11) is 0. The minimum atomic E-state index is 0.913. The first-order chi connectivity index (χ1) is 28.2. The van der Waals surface area contributed by atoms with Gasteiger partial charge >= 0.3 is 0 Å². The van der Waals surface area contributed by atoms with E-state index < -0.39 is 0 Å². The van der Waals surface area contributed by atoms with Crippen molar-refractivity contribution in [1.29, 1.82) is 0 Å². The highest BCUT2D eigenvalue weighted by molar-refractivity contribution is 6.13. The smallest absolute Gasteiger partial charge is 0.135 e. The monoisotopic (exact) mass is 724 g/mol. The fourth-order valence-electron chi connectivity index (χ4n) is 8.90. The zero-order valence-corrected chi connectivity index (χ0v) is 30.8. The SMILES string of the molecule is c1ccc(-c2ccc(-n3c4ccccc4c4cc(-c5ccc6c(c5)c5ccccc5n6-c5ccc(-c6ccc7oc8ccccc8c7c6)cc5)ccc43)cc2)cc#1.